The molecule has 1 aliphatic heterocycles. The summed E-state index contributed by atoms with van der Waals surface area (Å²) < 4.78 is 34.8. The fourth-order valence-corrected chi connectivity index (χ4v) is 4.13. The van der Waals surface area contributed by atoms with Crippen molar-refractivity contribution in [3.05, 3.63) is 59.2 Å². The fraction of sp³-hybridized carbons (Fsp3) is 0.304. The molecule has 4 rings (SSSR count). The number of nitrogens with two attached hydrogens (primary N) is 2. The number of methoxy groups -OCH3 is 1. The lowest BCUT2D eigenvalue weighted by Crippen LogP contribution is -2.41. The third kappa shape index (κ3) is 4.69. The maximum atomic E-state index is 14.0. The largest absolute Gasteiger partial charge is 0.494 e. The van der Waals surface area contributed by atoms with E-state index >= 15 is 0 Å². The topological polar surface area (TPSA) is 138 Å². The van der Waals surface area contributed by atoms with Crippen LogP contribution in [0, 0.1) is 11.7 Å². The lowest BCUT2D eigenvalue weighted by molar-refractivity contribution is -0.130. The molecule has 0 fully saturated rings. The van der Waals surface area contributed by atoms with E-state index in [1.165, 1.54) is 25.4 Å². The summed E-state index contributed by atoms with van der Waals surface area (Å²) in [7, 11) is 1.35. The number of ether oxygens (including phenoxy) is 4. The van der Waals surface area contributed by atoms with E-state index < -0.39 is 17.8 Å². The minimum Gasteiger partial charge on any atom is -0.494 e. The molecule has 5 N–H and O–H groups in total. The Morgan fingerprint density at radius 3 is 2.76 bits per heavy atom. The van der Waals surface area contributed by atoms with E-state index in [9.17, 15) is 14.0 Å². The van der Waals surface area contributed by atoms with Crippen LogP contribution in [0.5, 0.6) is 17.2 Å². The van der Waals surface area contributed by atoms with Crippen molar-refractivity contribution in [3.63, 3.8) is 0 Å². The van der Waals surface area contributed by atoms with Gasteiger partial charge in [0.2, 0.25) is 6.79 Å². The zero-order valence-corrected chi connectivity index (χ0v) is 18.5. The zero-order chi connectivity index (χ0) is 24.2. The molecule has 1 heterocycles. The van der Waals surface area contributed by atoms with Gasteiger partial charge in [-0.15, -0.1) is 0 Å². The number of fused-ring (bicyclic) bond motifs is 2. The summed E-state index contributed by atoms with van der Waals surface area (Å²) in [6.07, 6.45) is 2.58. The Labute approximate surface area is 195 Å². The van der Waals surface area contributed by atoms with E-state index in [4.69, 9.17) is 30.5 Å². The second-order valence-electron chi connectivity index (χ2n) is 7.89. The van der Waals surface area contributed by atoms with Gasteiger partial charge in [-0.3, -0.25) is 14.6 Å². The molecule has 0 radical (unpaired) electrons. The number of nitrogens with zero attached hydrogens (tertiary/aromatic N) is 1. The van der Waals surface area contributed by atoms with E-state index in [-0.39, 0.29) is 36.5 Å². The normalized spacial score (nSPS) is 18.6. The van der Waals surface area contributed by atoms with Crippen LogP contribution in [0.25, 0.3) is 0 Å². The average Bonchev–Trinajstić information content (AvgIpc) is 3.29. The van der Waals surface area contributed by atoms with Crippen LogP contribution in [0.4, 0.5) is 10.1 Å². The van der Waals surface area contributed by atoms with Crippen LogP contribution < -0.4 is 36.1 Å². The number of rotatable bonds is 8. The van der Waals surface area contributed by atoms with E-state index in [1.807, 2.05) is 12.1 Å². The molecule has 0 bridgehead atoms. The van der Waals surface area contributed by atoms with Gasteiger partial charge in [0, 0.05) is 18.2 Å². The maximum absolute atomic E-state index is 14.0. The summed E-state index contributed by atoms with van der Waals surface area (Å²) in [5.74, 6) is 5.87. The number of nitrogens with one attached hydrogen (secondary N) is 1. The average molecular weight is 472 g/mol. The highest BCUT2D eigenvalue weighted by Crippen LogP contribution is 2.42. The van der Waals surface area contributed by atoms with Gasteiger partial charge in [0.25, 0.3) is 12.4 Å². The van der Waals surface area contributed by atoms with Gasteiger partial charge in [0.15, 0.2) is 23.1 Å². The van der Waals surface area contributed by atoms with Crippen LogP contribution >= 0.6 is 0 Å². The molecule has 10 nitrogen and oxygen atoms in total. The second-order valence-corrected chi connectivity index (χ2v) is 7.89. The highest BCUT2D eigenvalue weighted by molar-refractivity contribution is 5.93. The van der Waals surface area contributed by atoms with Crippen molar-refractivity contribution in [2.24, 2.45) is 17.5 Å². The quantitative estimate of drug-likeness (QED) is 0.226. The van der Waals surface area contributed by atoms with Gasteiger partial charge in [-0.25, -0.2) is 10.2 Å². The molecule has 2 aromatic carbocycles. The standard InChI is InChI=1S/C23H25FN4O6/c1-31-19-5-4-15(7-17(19)24)28(26)9-18(25)23(30)27-22-14(10-32-11-29)3-2-13-6-20-21(8-16(13)22)34-12-33-20/h4-9,11,14,22H,2-3,10,12,25-26H2,1H3,(H,27,30)/b18-9-. The molecule has 2 aliphatic rings. The number of hydrogen-bond acceptors (Lipinski definition) is 9. The molecule has 0 aromatic heterocycles. The Morgan fingerprint density at radius 2 is 2.06 bits per heavy atom. The molecule has 11 heteroatoms. The summed E-state index contributed by atoms with van der Waals surface area (Å²) in [5, 5.41) is 3.95. The van der Waals surface area contributed by atoms with Crippen molar-refractivity contribution >= 4 is 18.1 Å². The van der Waals surface area contributed by atoms with Crippen molar-refractivity contribution in [3.8, 4) is 17.2 Å². The van der Waals surface area contributed by atoms with Crippen LogP contribution in [-0.2, 0) is 20.7 Å². The van der Waals surface area contributed by atoms with Crippen LogP contribution in [-0.4, -0.2) is 32.9 Å². The Hall–Kier alpha value is -3.99. The summed E-state index contributed by atoms with van der Waals surface area (Å²) in [6.45, 7) is 0.629. The lowest BCUT2D eigenvalue weighted by Gasteiger charge is -2.34. The van der Waals surface area contributed by atoms with Crippen LogP contribution in [0.15, 0.2) is 42.2 Å². The van der Waals surface area contributed by atoms with Crippen molar-refractivity contribution in [2.75, 3.05) is 25.5 Å². The van der Waals surface area contributed by atoms with Gasteiger partial charge in [-0.2, -0.15) is 0 Å². The molecular weight excluding hydrogens is 447 g/mol. The Balaban J connectivity index is 1.55. The number of amides is 1. The first-order chi connectivity index (χ1) is 16.4. The summed E-state index contributed by atoms with van der Waals surface area (Å²) >= 11 is 0. The van der Waals surface area contributed by atoms with Crippen molar-refractivity contribution in [1.82, 2.24) is 5.32 Å². The Bertz CT molecular complexity index is 1120. The van der Waals surface area contributed by atoms with Crippen LogP contribution in [0.2, 0.25) is 0 Å². The van der Waals surface area contributed by atoms with E-state index in [0.29, 0.717) is 24.4 Å². The van der Waals surface area contributed by atoms with E-state index in [1.54, 1.807) is 0 Å². The number of anilines is 1. The Kier molecular flexibility index (Phi) is 6.73. The summed E-state index contributed by atoms with van der Waals surface area (Å²) in [5.41, 5.74) is 7.90. The number of carbonyl (C=O) groups is 2. The van der Waals surface area contributed by atoms with Gasteiger partial charge in [-0.1, -0.05) is 0 Å². The second kappa shape index (κ2) is 9.87. The van der Waals surface area contributed by atoms with Gasteiger partial charge >= 0.3 is 0 Å². The van der Waals surface area contributed by atoms with E-state index in [0.717, 1.165) is 28.6 Å². The summed E-state index contributed by atoms with van der Waals surface area (Å²) in [4.78, 5) is 23.7. The minimum absolute atomic E-state index is 0.0623. The lowest BCUT2D eigenvalue weighted by atomic mass is 9.79. The molecule has 2 aromatic rings. The number of halogens is 1. The molecular formula is C23H25FN4O6. The van der Waals surface area contributed by atoms with Crippen molar-refractivity contribution in [1.29, 1.82) is 0 Å². The summed E-state index contributed by atoms with van der Waals surface area (Å²) in [6, 6.07) is 7.32. The maximum Gasteiger partial charge on any atom is 0.293 e. The third-order valence-corrected chi connectivity index (χ3v) is 5.86. The van der Waals surface area contributed by atoms with E-state index in [2.05, 4.69) is 5.32 Å². The number of hydrazine groups is 1. The van der Waals surface area contributed by atoms with Gasteiger partial charge in [-0.05, 0) is 48.2 Å². The molecule has 34 heavy (non-hydrogen) atoms. The molecule has 2 atom stereocenters. The third-order valence-electron chi connectivity index (χ3n) is 5.86. The molecule has 180 valence electrons. The molecule has 0 spiro atoms. The first-order valence-electron chi connectivity index (χ1n) is 10.5. The molecule has 0 saturated heterocycles. The first-order valence-corrected chi connectivity index (χ1v) is 10.5. The predicted molar refractivity (Wildman–Crippen MR) is 119 cm³/mol. The van der Waals surface area contributed by atoms with Gasteiger partial charge in [0.05, 0.1) is 25.4 Å². The number of carbonyl (C=O) groups excluding carboxylic acids is 2. The number of hydrogen-bond donors (Lipinski definition) is 3. The predicted octanol–water partition coefficient (Wildman–Crippen LogP) is 1.64. The number of benzene rings is 2. The first kappa shape index (κ1) is 23.2. The number of aryl methyl sites for hydroxylation is 1. The monoisotopic (exact) mass is 472 g/mol. The van der Waals surface area contributed by atoms with Gasteiger partial charge < -0.3 is 30.0 Å². The van der Waals surface area contributed by atoms with Crippen molar-refractivity contribution in [2.45, 2.75) is 18.9 Å². The molecule has 1 aliphatic carbocycles. The highest BCUT2D eigenvalue weighted by atomic mass is 19.1. The zero-order valence-electron chi connectivity index (χ0n) is 18.5. The highest BCUT2D eigenvalue weighted by Gasteiger charge is 2.34. The Morgan fingerprint density at radius 1 is 1.29 bits per heavy atom. The van der Waals surface area contributed by atoms with Crippen LogP contribution in [0.1, 0.15) is 23.6 Å². The minimum atomic E-state index is -0.609. The smallest absolute Gasteiger partial charge is 0.293 e. The van der Waals surface area contributed by atoms with Gasteiger partial charge in [0.1, 0.15) is 5.70 Å². The molecule has 0 saturated carbocycles. The van der Waals surface area contributed by atoms with Crippen LogP contribution in [0.3, 0.4) is 0 Å². The molecule has 1 amide bonds. The molecule has 2 unspecified atom stereocenters. The fourth-order valence-electron chi connectivity index (χ4n) is 4.13. The SMILES string of the molecule is COc1ccc(N(N)/C=C(\N)C(=O)NC2c3cc4c(cc3CCC2COC=O)OCO4)cc1F. The van der Waals surface area contributed by atoms with Crippen molar-refractivity contribution < 1.29 is 32.9 Å².